The Bertz CT molecular complexity index is 761. The Morgan fingerprint density at radius 2 is 2.19 bits per heavy atom. The normalized spacial score (nSPS) is 10.4. The van der Waals surface area contributed by atoms with Crippen molar-refractivity contribution >= 4 is 11.9 Å². The van der Waals surface area contributed by atoms with E-state index < -0.39 is 17.4 Å². The maximum Gasteiger partial charge on any atom is 0.341 e. The summed E-state index contributed by atoms with van der Waals surface area (Å²) in [7, 11) is 1.42. The first-order chi connectivity index (χ1) is 9.93. The van der Waals surface area contributed by atoms with Gasteiger partial charge in [-0.3, -0.25) is 9.59 Å². The van der Waals surface area contributed by atoms with E-state index in [2.05, 4.69) is 15.5 Å². The number of hydrogen-bond acceptors (Lipinski definition) is 6. The maximum absolute atomic E-state index is 12.0. The number of aryl methyl sites for hydroxylation is 1. The molecule has 0 spiro atoms. The van der Waals surface area contributed by atoms with Crippen LogP contribution >= 0.6 is 0 Å². The second-order valence-electron chi connectivity index (χ2n) is 4.20. The Morgan fingerprint density at radius 3 is 2.81 bits per heavy atom. The van der Waals surface area contributed by atoms with Gasteiger partial charge in [0.2, 0.25) is 5.89 Å². The van der Waals surface area contributed by atoms with Gasteiger partial charge in [0.05, 0.1) is 0 Å². The lowest BCUT2D eigenvalue weighted by Crippen LogP contribution is -2.27. The van der Waals surface area contributed by atoms with Gasteiger partial charge in [0, 0.05) is 13.2 Å². The number of carbonyl (C=O) groups is 2. The van der Waals surface area contributed by atoms with Gasteiger partial charge in [0.25, 0.3) is 17.3 Å². The van der Waals surface area contributed by atoms with Crippen molar-refractivity contribution in [2.24, 2.45) is 0 Å². The molecule has 0 saturated heterocycles. The first kappa shape index (κ1) is 14.4. The lowest BCUT2D eigenvalue weighted by Gasteiger charge is -2.05. The Kier molecular flexibility index (Phi) is 3.83. The molecule has 2 aromatic rings. The molecule has 0 unspecified atom stereocenters. The van der Waals surface area contributed by atoms with E-state index in [-0.39, 0.29) is 23.8 Å². The average Bonchev–Trinajstić information content (AvgIpc) is 2.89. The number of aromatic nitrogens is 3. The lowest BCUT2D eigenvalue weighted by molar-refractivity contribution is 0.0693. The van der Waals surface area contributed by atoms with Crippen LogP contribution < -0.4 is 10.9 Å². The van der Waals surface area contributed by atoms with Gasteiger partial charge >= 0.3 is 5.97 Å². The molecule has 9 nitrogen and oxygen atoms in total. The van der Waals surface area contributed by atoms with Crippen molar-refractivity contribution < 1.29 is 19.2 Å². The number of pyridine rings is 1. The van der Waals surface area contributed by atoms with Gasteiger partial charge in [-0.15, -0.1) is 0 Å². The maximum atomic E-state index is 12.0. The van der Waals surface area contributed by atoms with Gasteiger partial charge < -0.3 is 19.5 Å². The summed E-state index contributed by atoms with van der Waals surface area (Å²) in [6, 6.07) is 1.50. The van der Waals surface area contributed by atoms with E-state index in [0.29, 0.717) is 5.56 Å². The largest absolute Gasteiger partial charge is 0.477 e. The van der Waals surface area contributed by atoms with Crippen LogP contribution in [0.1, 0.15) is 32.4 Å². The summed E-state index contributed by atoms with van der Waals surface area (Å²) in [6.45, 7) is 1.41. The molecule has 9 heteroatoms. The fourth-order valence-corrected chi connectivity index (χ4v) is 1.72. The van der Waals surface area contributed by atoms with Crippen LogP contribution in [0.25, 0.3) is 0 Å². The fourth-order valence-electron chi connectivity index (χ4n) is 1.72. The zero-order valence-corrected chi connectivity index (χ0v) is 11.3. The minimum absolute atomic E-state index is 0.0240. The van der Waals surface area contributed by atoms with Crippen molar-refractivity contribution in [1.29, 1.82) is 0 Å². The predicted molar refractivity (Wildman–Crippen MR) is 69.2 cm³/mol. The molecular weight excluding hydrogens is 280 g/mol. The van der Waals surface area contributed by atoms with E-state index in [9.17, 15) is 14.4 Å². The van der Waals surface area contributed by atoms with Gasteiger partial charge in [-0.05, 0) is 18.6 Å². The van der Waals surface area contributed by atoms with Crippen LogP contribution in [-0.4, -0.2) is 38.7 Å². The molecular formula is C12H12N4O5. The number of carboxylic acid groups (broad SMARTS) is 1. The van der Waals surface area contributed by atoms with E-state index in [0.717, 1.165) is 4.57 Å². The number of amides is 1. The number of hydrogen-bond donors (Lipinski definition) is 2. The van der Waals surface area contributed by atoms with Crippen molar-refractivity contribution in [1.82, 2.24) is 20.0 Å². The van der Waals surface area contributed by atoms with Crippen LogP contribution in [0.4, 0.5) is 0 Å². The van der Waals surface area contributed by atoms with Gasteiger partial charge in [0.1, 0.15) is 12.1 Å². The molecule has 2 N–H and O–H groups in total. The second-order valence-corrected chi connectivity index (χ2v) is 4.20. The summed E-state index contributed by atoms with van der Waals surface area (Å²) in [4.78, 5) is 38.2. The molecule has 0 saturated carbocycles. The van der Waals surface area contributed by atoms with E-state index in [4.69, 9.17) is 9.63 Å². The molecule has 0 aliphatic carbocycles. The zero-order chi connectivity index (χ0) is 15.6. The van der Waals surface area contributed by atoms with Gasteiger partial charge in [-0.1, -0.05) is 5.16 Å². The van der Waals surface area contributed by atoms with Crippen LogP contribution in [0.15, 0.2) is 21.6 Å². The third kappa shape index (κ3) is 2.81. The molecule has 21 heavy (non-hydrogen) atoms. The van der Waals surface area contributed by atoms with Crippen LogP contribution in [-0.2, 0) is 6.54 Å². The van der Waals surface area contributed by atoms with Crippen molar-refractivity contribution in [2.45, 2.75) is 13.5 Å². The number of aromatic carboxylic acids is 1. The molecule has 1 amide bonds. The number of nitrogens with one attached hydrogen (secondary N) is 1. The van der Waals surface area contributed by atoms with Crippen LogP contribution in [0.2, 0.25) is 0 Å². The smallest absolute Gasteiger partial charge is 0.341 e. The minimum atomic E-state index is -1.30. The molecule has 0 atom stereocenters. The third-order valence-corrected chi connectivity index (χ3v) is 2.79. The molecule has 2 rings (SSSR count). The highest BCUT2D eigenvalue weighted by Crippen LogP contribution is 2.04. The summed E-state index contributed by atoms with van der Waals surface area (Å²) in [5.74, 6) is -1.96. The van der Waals surface area contributed by atoms with Crippen LogP contribution in [0, 0.1) is 6.92 Å². The average molecular weight is 292 g/mol. The molecule has 2 heterocycles. The van der Waals surface area contributed by atoms with Crippen molar-refractivity contribution in [3.05, 3.63) is 45.5 Å². The first-order valence-electron chi connectivity index (χ1n) is 5.92. The fraction of sp³-hybridized carbons (Fsp3) is 0.250. The van der Waals surface area contributed by atoms with Crippen molar-refractivity contribution in [2.75, 3.05) is 7.05 Å². The van der Waals surface area contributed by atoms with E-state index in [1.165, 1.54) is 26.2 Å². The van der Waals surface area contributed by atoms with E-state index >= 15 is 0 Å². The molecule has 0 fully saturated rings. The first-order valence-corrected chi connectivity index (χ1v) is 5.92. The van der Waals surface area contributed by atoms with E-state index in [1.54, 1.807) is 0 Å². The Balaban J connectivity index is 2.34. The highest BCUT2D eigenvalue weighted by Gasteiger charge is 2.17. The topological polar surface area (TPSA) is 127 Å². The molecule has 0 aliphatic rings. The Hall–Kier alpha value is -2.97. The molecule has 0 aliphatic heterocycles. The quantitative estimate of drug-likeness (QED) is 0.788. The summed E-state index contributed by atoms with van der Waals surface area (Å²) >= 11 is 0. The third-order valence-electron chi connectivity index (χ3n) is 2.79. The molecule has 0 aromatic carbocycles. The lowest BCUT2D eigenvalue weighted by atomic mass is 10.1. The van der Waals surface area contributed by atoms with Crippen molar-refractivity contribution in [3.8, 4) is 0 Å². The molecule has 110 valence electrons. The van der Waals surface area contributed by atoms with Gasteiger partial charge in [-0.2, -0.15) is 4.98 Å². The minimum Gasteiger partial charge on any atom is -0.477 e. The van der Waals surface area contributed by atoms with E-state index in [1.807, 2.05) is 0 Å². The summed E-state index contributed by atoms with van der Waals surface area (Å²) in [5, 5.41) is 14.8. The number of nitrogens with zero attached hydrogens (tertiary/aromatic N) is 3. The number of rotatable bonds is 4. The Morgan fingerprint density at radius 1 is 1.48 bits per heavy atom. The highest BCUT2D eigenvalue weighted by atomic mass is 16.5. The summed E-state index contributed by atoms with van der Waals surface area (Å²) in [6.07, 6.45) is 1.42. The standard InChI is InChI=1S/C12H12N4O5/c1-6-3-4-16(11(18)8(6)12(19)20)5-7-14-9(15-21-7)10(17)13-2/h3-4H,5H2,1-2H3,(H,13,17)(H,19,20). The number of carboxylic acids is 1. The SMILES string of the molecule is CNC(=O)c1noc(Cn2ccc(C)c(C(=O)O)c2=O)n1. The summed E-state index contributed by atoms with van der Waals surface area (Å²) in [5.41, 5.74) is -0.633. The second kappa shape index (κ2) is 5.57. The van der Waals surface area contributed by atoms with Gasteiger partial charge in [-0.25, -0.2) is 4.79 Å². The molecule has 0 bridgehead atoms. The predicted octanol–water partition coefficient (Wildman–Crippen LogP) is -0.354. The monoisotopic (exact) mass is 292 g/mol. The van der Waals surface area contributed by atoms with Gasteiger partial charge in [0.15, 0.2) is 0 Å². The Labute approximate surface area is 118 Å². The molecule has 0 radical (unpaired) electrons. The molecule has 2 aromatic heterocycles. The zero-order valence-electron chi connectivity index (χ0n) is 11.3. The van der Waals surface area contributed by atoms with Crippen molar-refractivity contribution in [3.63, 3.8) is 0 Å². The number of carbonyl (C=O) groups excluding carboxylic acids is 1. The van der Waals surface area contributed by atoms with Crippen LogP contribution in [0.5, 0.6) is 0 Å². The highest BCUT2D eigenvalue weighted by molar-refractivity contribution is 5.90. The van der Waals surface area contributed by atoms with Crippen LogP contribution in [0.3, 0.4) is 0 Å². The summed E-state index contributed by atoms with van der Waals surface area (Å²) < 4.78 is 5.97.